The molecule has 1 heterocycles. The number of para-hydroxylation sites is 2. The number of anilines is 3. The fourth-order valence-corrected chi connectivity index (χ4v) is 9.44. The molecule has 0 radical (unpaired) electrons. The second-order valence-corrected chi connectivity index (χ2v) is 16.1. The van der Waals surface area contributed by atoms with Crippen LogP contribution in [0, 0.1) is 0 Å². The quantitative estimate of drug-likeness (QED) is 0.150. The van der Waals surface area contributed by atoms with E-state index in [2.05, 4.69) is 222 Å². The highest BCUT2D eigenvalue weighted by atomic mass is 15.1. The molecule has 9 aromatic carbocycles. The zero-order chi connectivity index (χ0) is 39.1. The second-order valence-electron chi connectivity index (χ2n) is 16.1. The molecule has 0 unspecified atom stereocenters. The number of aromatic nitrogens is 1. The van der Waals surface area contributed by atoms with Crippen molar-refractivity contribution in [3.8, 4) is 39.1 Å². The maximum Gasteiger partial charge on any atom is 0.0541 e. The Morgan fingerprint density at radius 2 is 0.763 bits per heavy atom. The van der Waals surface area contributed by atoms with Crippen LogP contribution < -0.4 is 4.90 Å². The van der Waals surface area contributed by atoms with Crippen LogP contribution in [0.5, 0.6) is 0 Å². The molecule has 1 aliphatic carbocycles. The minimum Gasteiger partial charge on any atom is -0.311 e. The van der Waals surface area contributed by atoms with Crippen molar-refractivity contribution in [3.05, 3.63) is 218 Å². The molecule has 2 nitrogen and oxygen atoms in total. The van der Waals surface area contributed by atoms with E-state index in [-0.39, 0.29) is 0 Å². The molecule has 1 fully saturated rings. The average molecular weight is 757 g/mol. The first-order valence-electron chi connectivity index (χ1n) is 21.0. The summed E-state index contributed by atoms with van der Waals surface area (Å²) in [5.74, 6) is 0.727. The third kappa shape index (κ3) is 6.57. The minimum absolute atomic E-state index is 0.727. The van der Waals surface area contributed by atoms with Crippen LogP contribution in [-0.2, 0) is 0 Å². The molecular formula is C57H44N2. The van der Waals surface area contributed by atoms with Gasteiger partial charge in [-0.2, -0.15) is 0 Å². The van der Waals surface area contributed by atoms with E-state index in [1.165, 1.54) is 97.2 Å². The van der Waals surface area contributed by atoms with E-state index in [1.807, 2.05) is 0 Å². The number of hydrogen-bond acceptors (Lipinski definition) is 1. The van der Waals surface area contributed by atoms with Gasteiger partial charge in [0, 0.05) is 33.5 Å². The number of fused-ring (bicyclic) bond motifs is 4. The lowest BCUT2D eigenvalue weighted by molar-refractivity contribution is 0.723. The lowest BCUT2D eigenvalue weighted by atomic mass is 9.95. The smallest absolute Gasteiger partial charge is 0.0541 e. The van der Waals surface area contributed by atoms with Gasteiger partial charge < -0.3 is 9.47 Å². The molecule has 1 aromatic heterocycles. The SMILES string of the molecule is c1ccc2cc(-c3ccc(N(c4ccc(-c5ccc(C6CCCC6)cc5)cc4)c4ccc(-c5ccc(-n6c7ccccc7c7ccccc76)cc5)cc4)cc3)ccc2c1. The number of hydrogen-bond donors (Lipinski definition) is 0. The van der Waals surface area contributed by atoms with Gasteiger partial charge in [-0.15, -0.1) is 0 Å². The highest BCUT2D eigenvalue weighted by molar-refractivity contribution is 6.09. The Kier molecular flexibility index (Phi) is 8.89. The van der Waals surface area contributed by atoms with Crippen LogP contribution in [0.15, 0.2) is 212 Å². The van der Waals surface area contributed by atoms with Crippen LogP contribution in [-0.4, -0.2) is 4.57 Å². The standard InChI is InChI=1S/C57H44N2/c1-2-10-40(9-1)42-17-19-43(20-18-42)44-23-31-50(32-24-44)58(52-35-29-47(30-36-52)49-22-21-41-11-3-4-12-48(41)39-49)51-33-25-45(26-34-51)46-27-37-53(38-28-46)59-56-15-7-5-13-54(56)55-14-6-8-16-57(55)59/h3-8,11-40H,1-2,9-10H2. The van der Waals surface area contributed by atoms with Gasteiger partial charge in [0.15, 0.2) is 0 Å². The van der Waals surface area contributed by atoms with Gasteiger partial charge >= 0.3 is 0 Å². The molecule has 1 aliphatic rings. The molecule has 10 aromatic rings. The maximum absolute atomic E-state index is 2.37. The summed E-state index contributed by atoms with van der Waals surface area (Å²) < 4.78 is 2.37. The van der Waals surface area contributed by atoms with E-state index >= 15 is 0 Å². The van der Waals surface area contributed by atoms with E-state index in [1.54, 1.807) is 0 Å². The molecule has 282 valence electrons. The van der Waals surface area contributed by atoms with Crippen molar-refractivity contribution in [2.75, 3.05) is 4.90 Å². The van der Waals surface area contributed by atoms with E-state index in [4.69, 9.17) is 0 Å². The van der Waals surface area contributed by atoms with Gasteiger partial charge in [0.25, 0.3) is 0 Å². The first-order valence-corrected chi connectivity index (χ1v) is 21.0. The lowest BCUT2D eigenvalue weighted by Crippen LogP contribution is -2.09. The molecule has 2 heteroatoms. The lowest BCUT2D eigenvalue weighted by Gasteiger charge is -2.26. The summed E-state index contributed by atoms with van der Waals surface area (Å²) in [6.45, 7) is 0. The fraction of sp³-hybridized carbons (Fsp3) is 0.0877. The van der Waals surface area contributed by atoms with Crippen molar-refractivity contribution >= 4 is 49.6 Å². The zero-order valence-electron chi connectivity index (χ0n) is 33.0. The van der Waals surface area contributed by atoms with Crippen molar-refractivity contribution in [1.29, 1.82) is 0 Å². The Morgan fingerprint density at radius 1 is 0.356 bits per heavy atom. The molecule has 0 saturated heterocycles. The van der Waals surface area contributed by atoms with Crippen LogP contribution in [0.4, 0.5) is 17.1 Å². The van der Waals surface area contributed by atoms with Crippen LogP contribution in [0.3, 0.4) is 0 Å². The van der Waals surface area contributed by atoms with Gasteiger partial charge in [-0.25, -0.2) is 0 Å². The van der Waals surface area contributed by atoms with Crippen LogP contribution >= 0.6 is 0 Å². The van der Waals surface area contributed by atoms with Gasteiger partial charge in [0.1, 0.15) is 0 Å². The van der Waals surface area contributed by atoms with Gasteiger partial charge in [-0.3, -0.25) is 0 Å². The van der Waals surface area contributed by atoms with Crippen molar-refractivity contribution in [1.82, 2.24) is 4.57 Å². The second kappa shape index (κ2) is 15.0. The molecule has 0 spiro atoms. The summed E-state index contributed by atoms with van der Waals surface area (Å²) in [6.07, 6.45) is 5.36. The molecule has 59 heavy (non-hydrogen) atoms. The number of benzene rings is 9. The van der Waals surface area contributed by atoms with E-state index in [0.717, 1.165) is 28.7 Å². The van der Waals surface area contributed by atoms with Crippen LogP contribution in [0.25, 0.3) is 71.6 Å². The highest BCUT2D eigenvalue weighted by Crippen LogP contribution is 2.40. The summed E-state index contributed by atoms with van der Waals surface area (Å²) in [7, 11) is 0. The number of nitrogens with zero attached hydrogens (tertiary/aromatic N) is 2. The Labute approximate surface area is 346 Å². The topological polar surface area (TPSA) is 8.17 Å². The van der Waals surface area contributed by atoms with Crippen molar-refractivity contribution in [2.24, 2.45) is 0 Å². The first kappa shape index (κ1) is 35.0. The zero-order valence-corrected chi connectivity index (χ0v) is 33.0. The third-order valence-corrected chi connectivity index (χ3v) is 12.6. The molecule has 0 N–H and O–H groups in total. The largest absolute Gasteiger partial charge is 0.311 e. The normalized spacial score (nSPS) is 13.1. The van der Waals surface area contributed by atoms with Gasteiger partial charge in [0.2, 0.25) is 0 Å². The van der Waals surface area contributed by atoms with Gasteiger partial charge in [-0.05, 0) is 135 Å². The summed E-state index contributed by atoms with van der Waals surface area (Å²) in [6, 6.07) is 78.0. The minimum atomic E-state index is 0.727. The fourth-order valence-electron chi connectivity index (χ4n) is 9.44. The third-order valence-electron chi connectivity index (χ3n) is 12.6. The van der Waals surface area contributed by atoms with Crippen LogP contribution in [0.2, 0.25) is 0 Å². The Hall–Kier alpha value is -7.16. The monoisotopic (exact) mass is 756 g/mol. The molecule has 11 rings (SSSR count). The van der Waals surface area contributed by atoms with Gasteiger partial charge in [0.05, 0.1) is 11.0 Å². The molecule has 0 bridgehead atoms. The molecule has 0 atom stereocenters. The highest BCUT2D eigenvalue weighted by Gasteiger charge is 2.18. The first-order chi connectivity index (χ1) is 29.2. The van der Waals surface area contributed by atoms with Crippen molar-refractivity contribution in [3.63, 3.8) is 0 Å². The predicted molar refractivity (Wildman–Crippen MR) is 250 cm³/mol. The molecule has 0 amide bonds. The van der Waals surface area contributed by atoms with Crippen LogP contribution in [0.1, 0.15) is 37.2 Å². The average Bonchev–Trinajstić information content (AvgIpc) is 3.97. The summed E-state index contributed by atoms with van der Waals surface area (Å²) in [4.78, 5) is 2.37. The van der Waals surface area contributed by atoms with Crippen molar-refractivity contribution < 1.29 is 0 Å². The summed E-state index contributed by atoms with van der Waals surface area (Å²) in [5, 5.41) is 5.07. The van der Waals surface area contributed by atoms with Gasteiger partial charge in [-0.1, -0.05) is 158 Å². The maximum atomic E-state index is 2.37. The van der Waals surface area contributed by atoms with Crippen molar-refractivity contribution in [2.45, 2.75) is 31.6 Å². The molecule has 0 aliphatic heterocycles. The summed E-state index contributed by atoms with van der Waals surface area (Å²) in [5.41, 5.74) is 15.7. The Balaban J connectivity index is 0.916. The Morgan fingerprint density at radius 3 is 1.29 bits per heavy atom. The predicted octanol–water partition coefficient (Wildman–Crippen LogP) is 16.1. The van der Waals surface area contributed by atoms with E-state index in [9.17, 15) is 0 Å². The summed E-state index contributed by atoms with van der Waals surface area (Å²) >= 11 is 0. The number of rotatable bonds is 8. The Bertz CT molecular complexity index is 3000. The van der Waals surface area contributed by atoms with E-state index < -0.39 is 0 Å². The molecular weight excluding hydrogens is 713 g/mol. The molecule has 1 saturated carbocycles. The van der Waals surface area contributed by atoms with E-state index in [0.29, 0.717) is 0 Å².